The molecule has 1 amide bonds. The zero-order valence-corrected chi connectivity index (χ0v) is 17.4. The zero-order valence-electron chi connectivity index (χ0n) is 17.4. The normalized spacial score (nSPS) is 16.5. The highest BCUT2D eigenvalue weighted by Gasteiger charge is 2.32. The number of carbonyl (C=O) groups excluding carboxylic acids is 1. The molecule has 0 bridgehead atoms. The van der Waals surface area contributed by atoms with Gasteiger partial charge in [0.05, 0.1) is 11.6 Å². The Morgan fingerprint density at radius 2 is 1.62 bits per heavy atom. The van der Waals surface area contributed by atoms with Gasteiger partial charge in [-0.25, -0.2) is 0 Å². The smallest absolute Gasteiger partial charge is 0.349 e. The lowest BCUT2D eigenvalue weighted by molar-refractivity contribution is -0.137. The van der Waals surface area contributed by atoms with E-state index in [9.17, 15) is 18.0 Å². The van der Waals surface area contributed by atoms with Crippen LogP contribution in [0.4, 0.5) is 13.2 Å². The summed E-state index contributed by atoms with van der Waals surface area (Å²) in [6, 6.07) is 18.1. The van der Waals surface area contributed by atoms with Crippen molar-refractivity contribution in [2.24, 2.45) is 0 Å². The second kappa shape index (κ2) is 9.53. The van der Waals surface area contributed by atoms with Crippen molar-refractivity contribution < 1.29 is 18.0 Å². The van der Waals surface area contributed by atoms with Crippen LogP contribution in [0, 0.1) is 0 Å². The summed E-state index contributed by atoms with van der Waals surface area (Å²) in [5.41, 5.74) is 1.69. The van der Waals surface area contributed by atoms with E-state index in [-0.39, 0.29) is 18.0 Å². The predicted molar refractivity (Wildman–Crippen MR) is 116 cm³/mol. The molecule has 32 heavy (non-hydrogen) atoms. The van der Waals surface area contributed by atoms with E-state index in [1.54, 1.807) is 36.7 Å². The molecule has 1 aliphatic rings. The van der Waals surface area contributed by atoms with Gasteiger partial charge in [-0.05, 0) is 54.3 Å². The first-order chi connectivity index (χ1) is 15.4. The first kappa shape index (κ1) is 22.0. The number of rotatable bonds is 5. The molecule has 1 unspecified atom stereocenters. The first-order valence-corrected chi connectivity index (χ1v) is 10.6. The lowest BCUT2D eigenvalue weighted by Crippen LogP contribution is -2.45. The van der Waals surface area contributed by atoms with Crippen molar-refractivity contribution in [3.8, 4) is 0 Å². The summed E-state index contributed by atoms with van der Waals surface area (Å²) in [7, 11) is 0. The van der Waals surface area contributed by atoms with E-state index in [4.69, 9.17) is 0 Å². The van der Waals surface area contributed by atoms with Crippen molar-refractivity contribution in [3.05, 3.63) is 101 Å². The fraction of sp³-hybridized carbons (Fsp3) is 0.280. The molecule has 4 rings (SSSR count). The Bertz CT molecular complexity index is 1020. The zero-order chi connectivity index (χ0) is 22.6. The number of pyridine rings is 1. The highest BCUT2D eigenvalue weighted by atomic mass is 19.4. The Kier molecular flexibility index (Phi) is 6.55. The molecule has 3 aromatic rings. The third-order valence-corrected chi connectivity index (χ3v) is 5.82. The predicted octanol–water partition coefficient (Wildman–Crippen LogP) is 5.08. The number of amides is 1. The van der Waals surface area contributed by atoms with E-state index in [1.165, 1.54) is 0 Å². The molecule has 166 valence electrons. The first-order valence-electron chi connectivity index (χ1n) is 10.6. The maximum Gasteiger partial charge on any atom is 0.416 e. The molecule has 1 aliphatic heterocycles. The molecule has 1 saturated heterocycles. The second-order valence-corrected chi connectivity index (χ2v) is 7.96. The summed E-state index contributed by atoms with van der Waals surface area (Å²) in [4.78, 5) is 18.9. The average Bonchev–Trinajstić information content (AvgIpc) is 2.81. The van der Waals surface area contributed by atoms with E-state index in [2.05, 4.69) is 15.2 Å². The highest BCUT2D eigenvalue weighted by molar-refractivity contribution is 5.94. The summed E-state index contributed by atoms with van der Waals surface area (Å²) in [5.74, 6) is -0.0874. The van der Waals surface area contributed by atoms with Crippen molar-refractivity contribution in [1.82, 2.24) is 15.2 Å². The molecule has 0 aliphatic carbocycles. The largest absolute Gasteiger partial charge is 0.416 e. The van der Waals surface area contributed by atoms with Gasteiger partial charge in [-0.3, -0.25) is 14.7 Å². The number of piperidine rings is 1. The van der Waals surface area contributed by atoms with Crippen LogP contribution in [0.5, 0.6) is 0 Å². The third kappa shape index (κ3) is 5.16. The average molecular weight is 439 g/mol. The minimum Gasteiger partial charge on any atom is -0.349 e. The number of hydrogen-bond donors (Lipinski definition) is 1. The van der Waals surface area contributed by atoms with Crippen molar-refractivity contribution in [1.29, 1.82) is 0 Å². The molecule has 0 saturated carbocycles. The summed E-state index contributed by atoms with van der Waals surface area (Å²) in [5, 5.41) is 3.10. The van der Waals surface area contributed by atoms with Gasteiger partial charge in [0.25, 0.3) is 5.91 Å². The number of nitrogens with zero attached hydrogens (tertiary/aromatic N) is 2. The van der Waals surface area contributed by atoms with Gasteiger partial charge in [0.15, 0.2) is 0 Å². The molecule has 0 spiro atoms. The Morgan fingerprint density at radius 3 is 2.22 bits per heavy atom. The maximum atomic E-state index is 13.0. The summed E-state index contributed by atoms with van der Waals surface area (Å²) in [6.07, 6.45) is 0.591. The molecule has 1 N–H and O–H groups in total. The minimum absolute atomic E-state index is 0.0566. The van der Waals surface area contributed by atoms with Gasteiger partial charge in [-0.1, -0.05) is 36.4 Å². The Balaban J connectivity index is 1.48. The van der Waals surface area contributed by atoms with Crippen molar-refractivity contribution in [2.45, 2.75) is 31.1 Å². The minimum atomic E-state index is -4.36. The third-order valence-electron chi connectivity index (χ3n) is 5.82. The Labute approximate surface area is 185 Å². The van der Waals surface area contributed by atoms with Gasteiger partial charge < -0.3 is 5.32 Å². The van der Waals surface area contributed by atoms with Gasteiger partial charge >= 0.3 is 6.18 Å². The van der Waals surface area contributed by atoms with Gasteiger partial charge in [0, 0.05) is 37.1 Å². The van der Waals surface area contributed by atoms with Crippen LogP contribution in [0.15, 0.2) is 79.1 Å². The van der Waals surface area contributed by atoms with Gasteiger partial charge in [0.1, 0.15) is 0 Å². The fourth-order valence-electron chi connectivity index (χ4n) is 4.17. The lowest BCUT2D eigenvalue weighted by Gasteiger charge is -2.38. The van der Waals surface area contributed by atoms with E-state index in [1.807, 2.05) is 30.3 Å². The van der Waals surface area contributed by atoms with Gasteiger partial charge in [-0.2, -0.15) is 13.2 Å². The summed E-state index contributed by atoms with van der Waals surface area (Å²) >= 11 is 0. The quantitative estimate of drug-likeness (QED) is 0.603. The van der Waals surface area contributed by atoms with Crippen molar-refractivity contribution in [3.63, 3.8) is 0 Å². The molecule has 0 radical (unpaired) electrons. The lowest BCUT2D eigenvalue weighted by atomic mass is 9.94. The molecule has 2 aromatic carbocycles. The van der Waals surface area contributed by atoms with Gasteiger partial charge in [0.2, 0.25) is 0 Å². The van der Waals surface area contributed by atoms with Crippen LogP contribution in [0.2, 0.25) is 0 Å². The number of hydrogen-bond acceptors (Lipinski definition) is 3. The Morgan fingerprint density at radius 1 is 0.938 bits per heavy atom. The number of aromatic nitrogens is 1. The Hall–Kier alpha value is -3.19. The topological polar surface area (TPSA) is 45.2 Å². The monoisotopic (exact) mass is 439 g/mol. The van der Waals surface area contributed by atoms with Crippen LogP contribution in [0.1, 0.15) is 45.9 Å². The fourth-order valence-corrected chi connectivity index (χ4v) is 4.17. The number of halogens is 3. The molecule has 2 heterocycles. The van der Waals surface area contributed by atoms with Crippen LogP contribution in [-0.4, -0.2) is 34.9 Å². The number of likely N-dealkylation sites (tertiary alicyclic amines) is 1. The van der Waals surface area contributed by atoms with Crippen LogP contribution >= 0.6 is 0 Å². The molecular weight excluding hydrogens is 415 g/mol. The molecule has 1 fully saturated rings. The molecule has 4 nitrogen and oxygen atoms in total. The number of carbonyl (C=O) groups is 1. The van der Waals surface area contributed by atoms with E-state index in [0.717, 1.165) is 36.1 Å². The standard InChI is InChI=1S/C25H24F3N3O/c26-25(27,28)21-10-8-18(9-11-21)23(20-7-4-14-29-17-20)31-15-12-22(13-16-31)30-24(32)19-5-2-1-3-6-19/h1-11,14,17,22-23H,12-13,15-16H2,(H,30,32). The molecule has 1 aromatic heterocycles. The molecular formula is C25H24F3N3O. The van der Waals surface area contributed by atoms with Crippen LogP contribution in [0.3, 0.4) is 0 Å². The number of benzene rings is 2. The summed E-state index contributed by atoms with van der Waals surface area (Å²) < 4.78 is 39.0. The second-order valence-electron chi connectivity index (χ2n) is 7.96. The van der Waals surface area contributed by atoms with Crippen LogP contribution < -0.4 is 5.32 Å². The van der Waals surface area contributed by atoms with Crippen molar-refractivity contribution >= 4 is 5.91 Å². The summed E-state index contributed by atoms with van der Waals surface area (Å²) in [6.45, 7) is 1.42. The maximum absolute atomic E-state index is 13.0. The van der Waals surface area contributed by atoms with E-state index < -0.39 is 11.7 Å². The SMILES string of the molecule is O=C(NC1CCN(C(c2ccc(C(F)(F)F)cc2)c2cccnc2)CC1)c1ccccc1. The van der Waals surface area contributed by atoms with E-state index in [0.29, 0.717) is 18.7 Å². The van der Waals surface area contributed by atoms with Crippen LogP contribution in [0.25, 0.3) is 0 Å². The van der Waals surface area contributed by atoms with Crippen molar-refractivity contribution in [2.75, 3.05) is 13.1 Å². The van der Waals surface area contributed by atoms with E-state index >= 15 is 0 Å². The van der Waals surface area contributed by atoms with Gasteiger partial charge in [-0.15, -0.1) is 0 Å². The molecule has 1 atom stereocenters. The number of alkyl halides is 3. The highest BCUT2D eigenvalue weighted by Crippen LogP contribution is 2.34. The van der Waals surface area contributed by atoms with Crippen LogP contribution in [-0.2, 0) is 6.18 Å². The number of nitrogens with one attached hydrogen (secondary N) is 1. The molecule has 7 heteroatoms.